The van der Waals surface area contributed by atoms with Crippen LogP contribution in [0.4, 0.5) is 5.69 Å². The summed E-state index contributed by atoms with van der Waals surface area (Å²) < 4.78 is 53.8. The van der Waals surface area contributed by atoms with Crippen LogP contribution in [0.1, 0.15) is 12.5 Å². The molecule has 0 aliphatic carbocycles. The van der Waals surface area contributed by atoms with Crippen molar-refractivity contribution in [3.8, 4) is 0 Å². The number of rotatable bonds is 5. The molecule has 0 aromatic heterocycles. The molecule has 1 fully saturated rings. The zero-order valence-electron chi connectivity index (χ0n) is 15.2. The first-order chi connectivity index (χ1) is 13.0. The van der Waals surface area contributed by atoms with Crippen LogP contribution in [0.15, 0.2) is 58.3 Å². The maximum absolute atomic E-state index is 13.0. The molecule has 1 saturated heterocycles. The molecule has 1 aliphatic heterocycles. The van der Waals surface area contributed by atoms with Crippen LogP contribution in [0, 0.1) is 17.0 Å². The summed E-state index contributed by atoms with van der Waals surface area (Å²) in [6, 6.07) is 10.6. The fourth-order valence-corrected chi connectivity index (χ4v) is 6.32. The average Bonchev–Trinajstić information content (AvgIpc) is 3.05. The quantitative estimate of drug-likeness (QED) is 0.534. The Morgan fingerprint density at radius 1 is 1.00 bits per heavy atom. The number of hydrogen-bond acceptors (Lipinski definition) is 6. The largest absolute Gasteiger partial charge is 0.289 e. The van der Waals surface area contributed by atoms with E-state index in [-0.39, 0.29) is 11.4 Å². The molecule has 1 atom stereocenters. The number of nitro groups is 1. The van der Waals surface area contributed by atoms with Crippen LogP contribution in [-0.4, -0.2) is 49.6 Å². The summed E-state index contributed by atoms with van der Waals surface area (Å²) in [6.07, 6.45) is 0. The van der Waals surface area contributed by atoms with Gasteiger partial charge in [-0.1, -0.05) is 29.8 Å². The van der Waals surface area contributed by atoms with Gasteiger partial charge in [0.1, 0.15) is 0 Å². The van der Waals surface area contributed by atoms with E-state index >= 15 is 0 Å². The minimum atomic E-state index is -4.26. The van der Waals surface area contributed by atoms with E-state index in [1.165, 1.54) is 24.3 Å². The molecule has 0 N–H and O–H groups in total. The minimum absolute atomic E-state index is 0.0456. The number of benzene rings is 2. The van der Waals surface area contributed by atoms with Crippen LogP contribution >= 0.6 is 0 Å². The van der Waals surface area contributed by atoms with Gasteiger partial charge in [-0.25, -0.2) is 16.8 Å². The molecule has 1 heterocycles. The number of nitrogens with zero attached hydrogens (tertiary/aromatic N) is 3. The fourth-order valence-electron chi connectivity index (χ4n) is 3.04. The van der Waals surface area contributed by atoms with E-state index in [9.17, 15) is 26.9 Å². The SMILES string of the molecule is Cc1ccc(S(=O)(=O)N2C[C@@H](C)N(S(=O)(=O)c3ccccc3[N+](=O)[O-])C2)cc1. The lowest BCUT2D eigenvalue weighted by Gasteiger charge is -2.20. The Bertz CT molecular complexity index is 1110. The lowest BCUT2D eigenvalue weighted by atomic mass is 10.2. The van der Waals surface area contributed by atoms with Gasteiger partial charge in [-0.05, 0) is 32.0 Å². The van der Waals surface area contributed by atoms with E-state index in [1.54, 1.807) is 19.1 Å². The molecule has 0 saturated carbocycles. The van der Waals surface area contributed by atoms with Crippen molar-refractivity contribution in [1.82, 2.24) is 8.61 Å². The van der Waals surface area contributed by atoms with Gasteiger partial charge in [0.25, 0.3) is 15.7 Å². The highest BCUT2D eigenvalue weighted by Crippen LogP contribution is 2.31. The van der Waals surface area contributed by atoms with E-state index in [1.807, 2.05) is 6.92 Å². The molecule has 3 rings (SSSR count). The Hall–Kier alpha value is -2.34. The Morgan fingerprint density at radius 3 is 2.21 bits per heavy atom. The predicted molar refractivity (Wildman–Crippen MR) is 102 cm³/mol. The highest BCUT2D eigenvalue weighted by Gasteiger charge is 2.43. The van der Waals surface area contributed by atoms with Gasteiger partial charge < -0.3 is 0 Å². The third-order valence-corrected chi connectivity index (χ3v) is 8.37. The zero-order chi connectivity index (χ0) is 20.7. The van der Waals surface area contributed by atoms with Crippen LogP contribution in [0.5, 0.6) is 0 Å². The van der Waals surface area contributed by atoms with Gasteiger partial charge in [0, 0.05) is 18.7 Å². The lowest BCUT2D eigenvalue weighted by Crippen LogP contribution is -2.36. The summed E-state index contributed by atoms with van der Waals surface area (Å²) in [5.41, 5.74) is 0.351. The van der Waals surface area contributed by atoms with Crippen molar-refractivity contribution in [3.05, 3.63) is 64.2 Å². The van der Waals surface area contributed by atoms with Crippen molar-refractivity contribution in [2.75, 3.05) is 13.2 Å². The van der Waals surface area contributed by atoms with Crippen molar-refractivity contribution in [2.45, 2.75) is 29.7 Å². The summed E-state index contributed by atoms with van der Waals surface area (Å²) in [5.74, 6) is 0. The molecule has 150 valence electrons. The highest BCUT2D eigenvalue weighted by atomic mass is 32.2. The molecule has 0 unspecified atom stereocenters. The molecular formula is C17H19N3O6S2. The van der Waals surface area contributed by atoms with Crippen molar-refractivity contribution in [1.29, 1.82) is 0 Å². The number of para-hydroxylation sites is 1. The molecule has 9 nitrogen and oxygen atoms in total. The molecule has 11 heteroatoms. The maximum Gasteiger partial charge on any atom is 0.289 e. The van der Waals surface area contributed by atoms with Crippen molar-refractivity contribution >= 4 is 25.7 Å². The lowest BCUT2D eigenvalue weighted by molar-refractivity contribution is -0.387. The van der Waals surface area contributed by atoms with E-state index < -0.39 is 48.3 Å². The van der Waals surface area contributed by atoms with Gasteiger partial charge in [0.05, 0.1) is 16.5 Å². The number of hydrogen-bond donors (Lipinski definition) is 0. The second-order valence-electron chi connectivity index (χ2n) is 6.56. The average molecular weight is 425 g/mol. The van der Waals surface area contributed by atoms with E-state index in [0.29, 0.717) is 0 Å². The maximum atomic E-state index is 13.0. The Morgan fingerprint density at radius 2 is 1.61 bits per heavy atom. The van der Waals surface area contributed by atoms with Gasteiger partial charge in [0.15, 0.2) is 4.90 Å². The Balaban J connectivity index is 1.96. The summed E-state index contributed by atoms with van der Waals surface area (Å²) >= 11 is 0. The second kappa shape index (κ2) is 7.24. The molecule has 28 heavy (non-hydrogen) atoms. The molecule has 0 radical (unpaired) electrons. The second-order valence-corrected chi connectivity index (χ2v) is 10.4. The van der Waals surface area contributed by atoms with E-state index in [2.05, 4.69) is 0 Å². The van der Waals surface area contributed by atoms with Crippen molar-refractivity contribution < 1.29 is 21.8 Å². The molecule has 0 spiro atoms. The third-order valence-electron chi connectivity index (χ3n) is 4.56. The first kappa shape index (κ1) is 20.4. The van der Waals surface area contributed by atoms with E-state index in [0.717, 1.165) is 26.3 Å². The standard InChI is InChI=1S/C17H19N3O6S2/c1-13-7-9-15(10-8-13)27(23,24)18-11-14(2)19(12-18)28(25,26)17-6-4-3-5-16(17)20(21)22/h3-10,14H,11-12H2,1-2H3/t14-/m1/s1. The van der Waals surface area contributed by atoms with Crippen LogP contribution in [0.25, 0.3) is 0 Å². The zero-order valence-corrected chi connectivity index (χ0v) is 16.9. The third kappa shape index (κ3) is 3.53. The van der Waals surface area contributed by atoms with Gasteiger partial charge in [-0.15, -0.1) is 0 Å². The van der Waals surface area contributed by atoms with Gasteiger partial charge in [0.2, 0.25) is 10.0 Å². The van der Waals surface area contributed by atoms with Crippen LogP contribution < -0.4 is 0 Å². The van der Waals surface area contributed by atoms with Gasteiger partial charge >= 0.3 is 0 Å². The fraction of sp³-hybridized carbons (Fsp3) is 0.294. The van der Waals surface area contributed by atoms with Crippen LogP contribution in [0.3, 0.4) is 0 Å². The van der Waals surface area contributed by atoms with Crippen LogP contribution in [-0.2, 0) is 20.0 Å². The molecule has 2 aromatic rings. The summed E-state index contributed by atoms with van der Waals surface area (Å²) in [5, 5.41) is 11.2. The molecule has 1 aliphatic rings. The Kier molecular flexibility index (Phi) is 5.28. The molecule has 2 aromatic carbocycles. The van der Waals surface area contributed by atoms with Gasteiger partial charge in [-0.2, -0.15) is 8.61 Å². The predicted octanol–water partition coefficient (Wildman–Crippen LogP) is 1.94. The minimum Gasteiger partial charge on any atom is -0.258 e. The number of aryl methyl sites for hydroxylation is 1. The smallest absolute Gasteiger partial charge is 0.258 e. The molecule has 0 bridgehead atoms. The first-order valence-electron chi connectivity index (χ1n) is 8.37. The summed E-state index contributed by atoms with van der Waals surface area (Å²) in [6.45, 7) is 2.94. The molecular weight excluding hydrogens is 406 g/mol. The first-order valence-corrected chi connectivity index (χ1v) is 11.3. The topological polar surface area (TPSA) is 118 Å². The Labute approximate surface area is 163 Å². The normalized spacial score (nSPS) is 19.0. The molecule has 0 amide bonds. The van der Waals surface area contributed by atoms with Crippen LogP contribution in [0.2, 0.25) is 0 Å². The van der Waals surface area contributed by atoms with Crippen molar-refractivity contribution in [3.63, 3.8) is 0 Å². The highest BCUT2D eigenvalue weighted by molar-refractivity contribution is 7.90. The van der Waals surface area contributed by atoms with Gasteiger partial charge in [-0.3, -0.25) is 10.1 Å². The number of nitro benzene ring substituents is 1. The van der Waals surface area contributed by atoms with Crippen molar-refractivity contribution in [2.24, 2.45) is 0 Å². The monoisotopic (exact) mass is 425 g/mol. The summed E-state index contributed by atoms with van der Waals surface area (Å²) in [7, 11) is -8.16. The summed E-state index contributed by atoms with van der Waals surface area (Å²) in [4.78, 5) is 10.1. The number of sulfonamides is 2. The van der Waals surface area contributed by atoms with E-state index in [4.69, 9.17) is 0 Å².